The topological polar surface area (TPSA) is 152 Å². The van der Waals surface area contributed by atoms with Crippen LogP contribution in [-0.2, 0) is 21.4 Å². The van der Waals surface area contributed by atoms with Gasteiger partial charge in [-0.25, -0.2) is 27.3 Å². The van der Waals surface area contributed by atoms with Crippen LogP contribution in [0.25, 0.3) is 0 Å². The second-order valence-corrected chi connectivity index (χ2v) is 16.3. The molecule has 3 heterocycles. The van der Waals surface area contributed by atoms with Crippen molar-refractivity contribution in [2.24, 2.45) is 0 Å². The number of anilines is 6. The molecular weight excluding hydrogens is 698 g/mol. The molecule has 53 heavy (non-hydrogen) atoms. The first-order valence-electron chi connectivity index (χ1n) is 17.6. The lowest BCUT2D eigenvalue weighted by Crippen LogP contribution is -2.49. The third-order valence-electron chi connectivity index (χ3n) is 9.22. The Labute approximate surface area is 310 Å². The number of amides is 3. The summed E-state index contributed by atoms with van der Waals surface area (Å²) in [6.45, 7) is 9.66. The molecule has 0 spiro atoms. The molecule has 2 fully saturated rings. The quantitative estimate of drug-likeness (QED) is 0.143. The second kappa shape index (κ2) is 15.5. The number of nitrogens with zero attached hydrogens (tertiary/aromatic N) is 5. The predicted octanol–water partition coefficient (Wildman–Crippen LogP) is 6.04. The van der Waals surface area contributed by atoms with Gasteiger partial charge in [0.05, 0.1) is 4.90 Å². The highest BCUT2D eigenvalue weighted by atomic mass is 32.2. The molecule has 0 saturated carbocycles. The molecule has 2 aliphatic rings. The van der Waals surface area contributed by atoms with Crippen molar-refractivity contribution < 1.29 is 22.4 Å². The van der Waals surface area contributed by atoms with E-state index in [1.54, 1.807) is 63.4 Å². The van der Waals surface area contributed by atoms with Gasteiger partial charge in [0.25, 0.3) is 0 Å². The van der Waals surface area contributed by atoms with Gasteiger partial charge in [-0.15, -0.1) is 0 Å². The molecule has 3 amide bonds. The fourth-order valence-electron chi connectivity index (χ4n) is 6.46. The van der Waals surface area contributed by atoms with Gasteiger partial charge in [0.2, 0.25) is 21.9 Å². The minimum atomic E-state index is -3.70. The van der Waals surface area contributed by atoms with Gasteiger partial charge >= 0.3 is 6.03 Å². The number of aryl methyl sites for hydroxylation is 1. The number of benzene rings is 3. The highest BCUT2D eigenvalue weighted by Crippen LogP contribution is 2.28. The SMILES string of the molecule is Cc1cnc(Nc2ccc(N3CCC(N(C)Cc4ccc(N5CCC(=O)NC5=O)cc4F)CC3)cc2)nc1Nc1cccc(S(=O)(=O)NC(C)(C)C)c1. The van der Waals surface area contributed by atoms with Crippen LogP contribution in [0, 0.1) is 12.7 Å². The fourth-order valence-corrected chi connectivity index (χ4v) is 7.92. The molecule has 4 N–H and O–H groups in total. The average molecular weight is 744 g/mol. The van der Waals surface area contributed by atoms with E-state index in [1.807, 2.05) is 26.1 Å². The van der Waals surface area contributed by atoms with Crippen molar-refractivity contribution in [1.29, 1.82) is 0 Å². The largest absolute Gasteiger partial charge is 0.371 e. The van der Waals surface area contributed by atoms with E-state index >= 15 is 4.39 Å². The number of carbonyl (C=O) groups excluding carboxylic acids is 2. The number of hydrogen-bond donors (Lipinski definition) is 4. The summed E-state index contributed by atoms with van der Waals surface area (Å²) >= 11 is 0. The zero-order chi connectivity index (χ0) is 37.9. The van der Waals surface area contributed by atoms with Gasteiger partial charge in [0.1, 0.15) is 11.6 Å². The minimum Gasteiger partial charge on any atom is -0.371 e. The molecule has 0 radical (unpaired) electrons. The summed E-state index contributed by atoms with van der Waals surface area (Å²) in [5, 5.41) is 8.77. The molecule has 2 aliphatic heterocycles. The van der Waals surface area contributed by atoms with E-state index in [-0.39, 0.29) is 29.6 Å². The van der Waals surface area contributed by atoms with Gasteiger partial charge < -0.3 is 15.5 Å². The highest BCUT2D eigenvalue weighted by Gasteiger charge is 2.27. The second-order valence-electron chi connectivity index (χ2n) is 14.6. The number of piperidine rings is 1. The molecule has 0 bridgehead atoms. The summed E-state index contributed by atoms with van der Waals surface area (Å²) in [6, 6.07) is 19.3. The first kappa shape index (κ1) is 37.6. The maximum atomic E-state index is 15.1. The first-order chi connectivity index (χ1) is 25.1. The normalized spacial score (nSPS) is 15.8. The first-order valence-corrected chi connectivity index (χ1v) is 19.1. The minimum absolute atomic E-state index is 0.156. The van der Waals surface area contributed by atoms with Crippen molar-refractivity contribution in [2.75, 3.05) is 47.1 Å². The maximum absolute atomic E-state index is 15.1. The van der Waals surface area contributed by atoms with Gasteiger partial charge in [-0.1, -0.05) is 12.1 Å². The summed E-state index contributed by atoms with van der Waals surface area (Å²) in [7, 11) is -1.69. The molecule has 1 aromatic heterocycles. The summed E-state index contributed by atoms with van der Waals surface area (Å²) < 4.78 is 43.5. The Morgan fingerprint density at radius 2 is 1.66 bits per heavy atom. The van der Waals surface area contributed by atoms with Crippen molar-refractivity contribution >= 4 is 56.5 Å². The highest BCUT2D eigenvalue weighted by molar-refractivity contribution is 7.89. The van der Waals surface area contributed by atoms with Gasteiger partial charge in [-0.3, -0.25) is 19.9 Å². The van der Waals surface area contributed by atoms with Crippen LogP contribution in [-0.4, -0.2) is 73.5 Å². The van der Waals surface area contributed by atoms with Crippen LogP contribution < -0.4 is 30.5 Å². The lowest BCUT2D eigenvalue weighted by atomic mass is 10.0. The van der Waals surface area contributed by atoms with Crippen molar-refractivity contribution in [3.05, 3.63) is 89.9 Å². The molecule has 0 unspecified atom stereocenters. The fraction of sp³-hybridized carbons (Fsp3) is 0.368. The van der Waals surface area contributed by atoms with Crippen LogP contribution in [0.5, 0.6) is 0 Å². The van der Waals surface area contributed by atoms with E-state index in [0.29, 0.717) is 41.3 Å². The Morgan fingerprint density at radius 3 is 2.34 bits per heavy atom. The Bertz CT molecular complexity index is 2080. The molecular formula is C38H46FN9O4S. The van der Waals surface area contributed by atoms with Crippen LogP contribution >= 0.6 is 0 Å². The van der Waals surface area contributed by atoms with Gasteiger partial charge in [0, 0.05) is 84.3 Å². The van der Waals surface area contributed by atoms with E-state index in [9.17, 15) is 18.0 Å². The van der Waals surface area contributed by atoms with Crippen molar-refractivity contribution in [3.8, 4) is 0 Å². The number of nitrogens with one attached hydrogen (secondary N) is 4. The smallest absolute Gasteiger partial charge is 0.328 e. The number of carbonyl (C=O) groups is 2. The number of urea groups is 1. The number of sulfonamides is 1. The molecule has 0 aliphatic carbocycles. The average Bonchev–Trinajstić information content (AvgIpc) is 3.10. The van der Waals surface area contributed by atoms with E-state index < -0.39 is 21.6 Å². The number of imide groups is 1. The monoisotopic (exact) mass is 743 g/mol. The third kappa shape index (κ3) is 9.47. The Balaban J connectivity index is 1.02. The Morgan fingerprint density at radius 1 is 0.943 bits per heavy atom. The van der Waals surface area contributed by atoms with Crippen LogP contribution in [0.1, 0.15) is 51.2 Å². The van der Waals surface area contributed by atoms with E-state index in [1.165, 1.54) is 11.0 Å². The molecule has 2 saturated heterocycles. The number of halogens is 1. The third-order valence-corrected chi connectivity index (χ3v) is 11.0. The lowest BCUT2D eigenvalue weighted by molar-refractivity contribution is -0.120. The summed E-state index contributed by atoms with van der Waals surface area (Å²) in [4.78, 5) is 38.8. The number of aromatic nitrogens is 2. The van der Waals surface area contributed by atoms with Crippen molar-refractivity contribution in [3.63, 3.8) is 0 Å². The van der Waals surface area contributed by atoms with E-state index in [4.69, 9.17) is 0 Å². The molecule has 4 aromatic rings. The van der Waals surface area contributed by atoms with Crippen LogP contribution in [0.2, 0.25) is 0 Å². The van der Waals surface area contributed by atoms with Crippen LogP contribution in [0.3, 0.4) is 0 Å². The Kier molecular flexibility index (Phi) is 11.0. The molecule has 0 atom stereocenters. The maximum Gasteiger partial charge on any atom is 0.328 e. The lowest BCUT2D eigenvalue weighted by Gasteiger charge is -2.38. The van der Waals surface area contributed by atoms with Gasteiger partial charge in [-0.05, 0) is 102 Å². The summed E-state index contributed by atoms with van der Waals surface area (Å²) in [5.41, 5.74) is 3.69. The van der Waals surface area contributed by atoms with Gasteiger partial charge in [0.15, 0.2) is 0 Å². The standard InChI is InChI=1S/C38H46FN9O4S/c1-25-23-40-36(44-35(25)41-28-7-6-8-32(21-28)53(51,52)45-38(2,3)4)42-27-10-13-30(14-11-27)47-18-15-29(16-19-47)46(5)24-26-9-12-31(22-33(26)39)48-20-17-34(49)43-37(48)50/h6-14,21-23,29,45H,15-20,24H2,1-5H3,(H,43,49,50)(H2,40,41,42,44). The zero-order valence-electron chi connectivity index (χ0n) is 30.6. The predicted molar refractivity (Wildman–Crippen MR) is 205 cm³/mol. The number of hydrogen-bond acceptors (Lipinski definition) is 10. The van der Waals surface area contributed by atoms with E-state index in [2.05, 4.69) is 52.6 Å². The molecule has 3 aromatic carbocycles. The van der Waals surface area contributed by atoms with Gasteiger partial charge in [-0.2, -0.15) is 4.98 Å². The summed E-state index contributed by atoms with van der Waals surface area (Å²) in [5.74, 6) is 0.249. The zero-order valence-corrected chi connectivity index (χ0v) is 31.4. The molecule has 6 rings (SSSR count). The summed E-state index contributed by atoms with van der Waals surface area (Å²) in [6.07, 6.45) is 3.74. The van der Waals surface area contributed by atoms with Crippen molar-refractivity contribution in [1.82, 2.24) is 24.9 Å². The Hall–Kier alpha value is -5.12. The molecule has 15 heteroatoms. The van der Waals surface area contributed by atoms with E-state index in [0.717, 1.165) is 42.9 Å². The number of rotatable bonds is 11. The van der Waals surface area contributed by atoms with Crippen LogP contribution in [0.4, 0.5) is 43.7 Å². The van der Waals surface area contributed by atoms with Crippen molar-refractivity contribution in [2.45, 2.75) is 70.0 Å². The molecule has 13 nitrogen and oxygen atoms in total. The van der Waals surface area contributed by atoms with Crippen LogP contribution in [0.15, 0.2) is 77.8 Å². The molecule has 280 valence electrons.